The van der Waals surface area contributed by atoms with Crippen molar-refractivity contribution in [1.82, 2.24) is 19.8 Å². The van der Waals surface area contributed by atoms with Crippen LogP contribution in [-0.4, -0.2) is 46.5 Å². The third kappa shape index (κ3) is 3.22. The van der Waals surface area contributed by atoms with E-state index < -0.39 is 5.82 Å². The molecule has 2 heterocycles. The highest BCUT2D eigenvalue weighted by Crippen LogP contribution is 2.36. The first kappa shape index (κ1) is 18.2. The summed E-state index contributed by atoms with van der Waals surface area (Å²) >= 11 is 9.24. The van der Waals surface area contributed by atoms with E-state index in [1.807, 2.05) is 13.8 Å². The maximum Gasteiger partial charge on any atom is 0.259 e. The minimum absolute atomic E-state index is 0.0138. The third-order valence-corrected chi connectivity index (χ3v) is 4.96. The van der Waals surface area contributed by atoms with Crippen molar-refractivity contribution in [2.24, 2.45) is 7.05 Å². The number of fused-ring (bicyclic) bond motifs is 1. The van der Waals surface area contributed by atoms with E-state index in [1.54, 1.807) is 22.8 Å². The molecule has 1 N–H and O–H groups in total. The van der Waals surface area contributed by atoms with E-state index >= 15 is 0 Å². The van der Waals surface area contributed by atoms with Crippen molar-refractivity contribution in [1.29, 1.82) is 0 Å². The second kappa shape index (κ2) is 7.59. The van der Waals surface area contributed by atoms with Crippen LogP contribution in [0.5, 0.6) is 0 Å². The van der Waals surface area contributed by atoms with Crippen molar-refractivity contribution < 1.29 is 9.18 Å². The van der Waals surface area contributed by atoms with E-state index in [4.69, 9.17) is 11.6 Å². The molecule has 1 aromatic heterocycles. The Balaban J connectivity index is 0.000000924. The molecular formula is C15H19BrClFN4O. The van der Waals surface area contributed by atoms with E-state index in [9.17, 15) is 9.18 Å². The molecule has 1 aliphatic heterocycles. The zero-order chi connectivity index (χ0) is 17.1. The highest BCUT2D eigenvalue weighted by molar-refractivity contribution is 9.10. The monoisotopic (exact) mass is 404 g/mol. The second-order valence-corrected chi connectivity index (χ2v) is 6.08. The van der Waals surface area contributed by atoms with Crippen LogP contribution in [0.3, 0.4) is 0 Å². The summed E-state index contributed by atoms with van der Waals surface area (Å²) in [6.07, 6.45) is 1.54. The number of nitrogens with zero attached hydrogens (tertiary/aromatic N) is 3. The van der Waals surface area contributed by atoms with Crippen molar-refractivity contribution in [3.8, 4) is 0 Å². The van der Waals surface area contributed by atoms with Gasteiger partial charge in [-0.25, -0.2) is 9.37 Å². The normalized spacial score (nSPS) is 14.6. The minimum Gasteiger partial charge on any atom is -0.336 e. The molecule has 1 saturated heterocycles. The van der Waals surface area contributed by atoms with Gasteiger partial charge in [0.25, 0.3) is 5.91 Å². The standard InChI is InChI=1S/C13H13BrClFN4O.C2H6/c1-19-6-18-11-8(14)9(15)10(16)7(12(11)19)13(21)20-4-2-17-3-5-20;1-2/h6,17H,2-5H2,1H3;1-2H3. The minimum atomic E-state index is -0.705. The number of rotatable bonds is 1. The Kier molecular flexibility index (Phi) is 6.00. The fourth-order valence-electron chi connectivity index (χ4n) is 2.52. The lowest BCUT2D eigenvalue weighted by atomic mass is 10.1. The first-order chi connectivity index (χ1) is 11.0. The van der Waals surface area contributed by atoms with Crippen molar-refractivity contribution in [3.63, 3.8) is 0 Å². The van der Waals surface area contributed by atoms with Crippen LogP contribution < -0.4 is 5.32 Å². The van der Waals surface area contributed by atoms with E-state index in [0.29, 0.717) is 41.7 Å². The molecule has 0 aliphatic carbocycles. The maximum absolute atomic E-state index is 14.6. The van der Waals surface area contributed by atoms with Gasteiger partial charge in [0.2, 0.25) is 0 Å². The summed E-state index contributed by atoms with van der Waals surface area (Å²) < 4.78 is 16.6. The molecule has 8 heteroatoms. The van der Waals surface area contributed by atoms with E-state index in [0.717, 1.165) is 0 Å². The molecule has 5 nitrogen and oxygen atoms in total. The number of aryl methyl sites for hydroxylation is 1. The van der Waals surface area contributed by atoms with Crippen molar-refractivity contribution in [2.45, 2.75) is 13.8 Å². The number of hydrogen-bond acceptors (Lipinski definition) is 3. The number of aromatic nitrogens is 2. The molecule has 126 valence electrons. The van der Waals surface area contributed by atoms with E-state index in [2.05, 4.69) is 26.2 Å². The Morgan fingerprint density at radius 1 is 1.39 bits per heavy atom. The molecule has 2 aromatic rings. The molecule has 1 amide bonds. The molecule has 3 rings (SSSR count). The van der Waals surface area contributed by atoms with Crippen LogP contribution >= 0.6 is 27.5 Å². The van der Waals surface area contributed by atoms with Crippen LogP contribution in [0.1, 0.15) is 24.2 Å². The summed E-state index contributed by atoms with van der Waals surface area (Å²) in [7, 11) is 1.73. The van der Waals surface area contributed by atoms with Gasteiger partial charge < -0.3 is 14.8 Å². The van der Waals surface area contributed by atoms with Gasteiger partial charge in [0.15, 0.2) is 5.82 Å². The smallest absolute Gasteiger partial charge is 0.259 e. The van der Waals surface area contributed by atoms with E-state index in [1.165, 1.54) is 0 Å². The first-order valence-electron chi connectivity index (χ1n) is 7.50. The largest absolute Gasteiger partial charge is 0.336 e. The number of nitrogens with one attached hydrogen (secondary N) is 1. The van der Waals surface area contributed by atoms with Crippen LogP contribution in [0.4, 0.5) is 4.39 Å². The highest BCUT2D eigenvalue weighted by Gasteiger charge is 2.28. The number of carbonyl (C=O) groups is 1. The Hall–Kier alpha value is -1.18. The zero-order valence-electron chi connectivity index (χ0n) is 13.3. The Morgan fingerprint density at radius 3 is 2.61 bits per heavy atom. The molecular weight excluding hydrogens is 387 g/mol. The first-order valence-corrected chi connectivity index (χ1v) is 8.67. The van der Waals surface area contributed by atoms with Crippen LogP contribution in [0, 0.1) is 5.82 Å². The fraction of sp³-hybridized carbons (Fsp3) is 0.467. The van der Waals surface area contributed by atoms with Crippen LogP contribution in [-0.2, 0) is 7.05 Å². The Bertz CT molecular complexity index is 728. The second-order valence-electron chi connectivity index (χ2n) is 4.91. The molecule has 0 spiro atoms. The van der Waals surface area contributed by atoms with Crippen molar-refractivity contribution in [2.75, 3.05) is 26.2 Å². The topological polar surface area (TPSA) is 50.2 Å². The molecule has 0 atom stereocenters. The number of benzene rings is 1. The van der Waals surface area contributed by atoms with Gasteiger partial charge in [0.05, 0.1) is 21.3 Å². The maximum atomic E-state index is 14.6. The SMILES string of the molecule is CC.Cn1cnc2c(Br)c(Cl)c(F)c(C(=O)N3CCNCC3)c21. The summed E-state index contributed by atoms with van der Waals surface area (Å²) in [6.45, 7) is 6.49. The molecule has 1 aromatic carbocycles. The third-order valence-electron chi connectivity index (χ3n) is 3.60. The summed E-state index contributed by atoms with van der Waals surface area (Å²) in [6, 6.07) is 0. The van der Waals surface area contributed by atoms with E-state index in [-0.39, 0.29) is 16.5 Å². The quantitative estimate of drug-likeness (QED) is 0.741. The van der Waals surface area contributed by atoms with Gasteiger partial charge >= 0.3 is 0 Å². The Morgan fingerprint density at radius 2 is 2.00 bits per heavy atom. The summed E-state index contributed by atoms with van der Waals surface area (Å²) in [5.41, 5.74) is 0.926. The average Bonchev–Trinajstić information content (AvgIpc) is 2.97. The molecule has 1 fully saturated rings. The van der Waals surface area contributed by atoms with Gasteiger partial charge in [-0.3, -0.25) is 4.79 Å². The van der Waals surface area contributed by atoms with Gasteiger partial charge in [-0.05, 0) is 15.9 Å². The fourth-order valence-corrected chi connectivity index (χ4v) is 3.17. The lowest BCUT2D eigenvalue weighted by Gasteiger charge is -2.28. The molecule has 23 heavy (non-hydrogen) atoms. The molecule has 0 saturated carbocycles. The lowest BCUT2D eigenvalue weighted by molar-refractivity contribution is 0.0733. The van der Waals surface area contributed by atoms with Gasteiger partial charge in [0, 0.05) is 33.2 Å². The highest BCUT2D eigenvalue weighted by atomic mass is 79.9. The number of amides is 1. The lowest BCUT2D eigenvalue weighted by Crippen LogP contribution is -2.46. The van der Waals surface area contributed by atoms with Gasteiger partial charge in [-0.15, -0.1) is 0 Å². The van der Waals surface area contributed by atoms with Crippen molar-refractivity contribution in [3.05, 3.63) is 27.2 Å². The van der Waals surface area contributed by atoms with Gasteiger partial charge in [-0.2, -0.15) is 0 Å². The van der Waals surface area contributed by atoms with Gasteiger partial charge in [-0.1, -0.05) is 25.4 Å². The van der Waals surface area contributed by atoms with Crippen molar-refractivity contribution >= 4 is 44.5 Å². The summed E-state index contributed by atoms with van der Waals surface area (Å²) in [4.78, 5) is 18.5. The number of imidazole rings is 1. The Labute approximate surface area is 147 Å². The number of carbonyl (C=O) groups excluding carboxylic acids is 1. The number of hydrogen-bond donors (Lipinski definition) is 1. The van der Waals surface area contributed by atoms with Crippen LogP contribution in [0.2, 0.25) is 5.02 Å². The number of piperazine rings is 1. The zero-order valence-corrected chi connectivity index (χ0v) is 15.6. The van der Waals surface area contributed by atoms with Crippen LogP contribution in [0.25, 0.3) is 11.0 Å². The summed E-state index contributed by atoms with van der Waals surface area (Å²) in [5, 5.41) is 3.05. The number of halogens is 3. The molecule has 1 aliphatic rings. The molecule has 0 unspecified atom stereocenters. The molecule has 0 radical (unpaired) electrons. The predicted molar refractivity (Wildman–Crippen MR) is 93.5 cm³/mol. The molecule has 0 bridgehead atoms. The average molecular weight is 406 g/mol. The van der Waals surface area contributed by atoms with Crippen LogP contribution in [0.15, 0.2) is 10.8 Å². The summed E-state index contributed by atoms with van der Waals surface area (Å²) in [5.74, 6) is -1.06. The predicted octanol–water partition coefficient (Wildman–Crippen LogP) is 3.20. The van der Waals surface area contributed by atoms with Gasteiger partial charge in [0.1, 0.15) is 11.1 Å².